The molecular formula is C17H26N2. The van der Waals surface area contributed by atoms with E-state index in [2.05, 4.69) is 41.5 Å². The second-order valence-electron chi connectivity index (χ2n) is 6.25. The van der Waals surface area contributed by atoms with Crippen molar-refractivity contribution in [2.75, 3.05) is 25.5 Å². The Balaban J connectivity index is 1.62. The van der Waals surface area contributed by atoms with Crippen molar-refractivity contribution in [3.8, 4) is 0 Å². The van der Waals surface area contributed by atoms with Gasteiger partial charge in [-0.2, -0.15) is 0 Å². The highest BCUT2D eigenvalue weighted by molar-refractivity contribution is 5.57. The molecule has 1 atom stereocenters. The van der Waals surface area contributed by atoms with E-state index >= 15 is 0 Å². The van der Waals surface area contributed by atoms with Crippen LogP contribution in [0, 0.1) is 0 Å². The van der Waals surface area contributed by atoms with Crippen LogP contribution >= 0.6 is 0 Å². The molecule has 1 aromatic carbocycles. The van der Waals surface area contributed by atoms with E-state index in [1.54, 1.807) is 0 Å². The summed E-state index contributed by atoms with van der Waals surface area (Å²) in [6.45, 7) is 2.31. The largest absolute Gasteiger partial charge is 0.384 e. The minimum atomic E-state index is 0.671. The summed E-state index contributed by atoms with van der Waals surface area (Å²) in [6, 6.07) is 9.62. The maximum Gasteiger partial charge on any atom is 0.0376 e. The summed E-state index contributed by atoms with van der Waals surface area (Å²) in [5.74, 6) is 0.671. The van der Waals surface area contributed by atoms with E-state index in [9.17, 15) is 0 Å². The minimum Gasteiger partial charge on any atom is -0.384 e. The Hall–Kier alpha value is -1.02. The van der Waals surface area contributed by atoms with E-state index in [0.29, 0.717) is 5.92 Å². The van der Waals surface area contributed by atoms with Crippen LogP contribution in [-0.4, -0.2) is 31.1 Å². The van der Waals surface area contributed by atoms with Crippen molar-refractivity contribution in [1.82, 2.24) is 4.90 Å². The summed E-state index contributed by atoms with van der Waals surface area (Å²) in [5, 5.41) is 3.54. The van der Waals surface area contributed by atoms with Gasteiger partial charge in [0.05, 0.1) is 0 Å². The van der Waals surface area contributed by atoms with Crippen LogP contribution in [0.1, 0.15) is 50.0 Å². The molecule has 0 amide bonds. The van der Waals surface area contributed by atoms with Crippen LogP contribution in [0.5, 0.6) is 0 Å². The molecule has 0 spiro atoms. The Morgan fingerprint density at radius 2 is 1.84 bits per heavy atom. The van der Waals surface area contributed by atoms with E-state index in [1.807, 2.05) is 0 Å². The highest BCUT2D eigenvalue weighted by atomic mass is 15.1. The summed E-state index contributed by atoms with van der Waals surface area (Å²) in [4.78, 5) is 2.62. The van der Waals surface area contributed by atoms with Crippen LogP contribution in [0.25, 0.3) is 0 Å². The highest BCUT2D eigenvalue weighted by Gasteiger charge is 2.25. The Labute approximate surface area is 117 Å². The molecule has 1 fully saturated rings. The van der Waals surface area contributed by atoms with Gasteiger partial charge in [0.1, 0.15) is 0 Å². The van der Waals surface area contributed by atoms with Crippen molar-refractivity contribution in [1.29, 1.82) is 0 Å². The summed E-state index contributed by atoms with van der Waals surface area (Å²) < 4.78 is 0. The molecule has 0 radical (unpaired) electrons. The molecule has 1 aliphatic heterocycles. The molecule has 1 N–H and O–H groups in total. The average molecular weight is 258 g/mol. The van der Waals surface area contributed by atoms with Crippen LogP contribution in [0.4, 0.5) is 5.69 Å². The van der Waals surface area contributed by atoms with Gasteiger partial charge in [0.2, 0.25) is 0 Å². The van der Waals surface area contributed by atoms with E-state index in [4.69, 9.17) is 0 Å². The van der Waals surface area contributed by atoms with Crippen molar-refractivity contribution >= 4 is 5.69 Å². The molecule has 104 valence electrons. The number of rotatable bonds is 3. The number of fused-ring (bicyclic) bond motifs is 1. The standard InChI is InChI=1S/C17H26N2/c1-19(15-8-4-2-3-5-9-15)13-14-12-18-17-11-7-6-10-16(14)17/h6-7,10-11,14-15,18H,2-5,8-9,12-13H2,1H3. The molecule has 0 saturated heterocycles. The SMILES string of the molecule is CN(CC1CNc2ccccc21)C1CCCCCC1. The van der Waals surface area contributed by atoms with Gasteiger partial charge in [0.15, 0.2) is 0 Å². The van der Waals surface area contributed by atoms with Gasteiger partial charge in [-0.1, -0.05) is 43.9 Å². The Morgan fingerprint density at radius 1 is 1.11 bits per heavy atom. The van der Waals surface area contributed by atoms with Crippen molar-refractivity contribution in [2.45, 2.75) is 50.5 Å². The normalized spacial score (nSPS) is 24.0. The van der Waals surface area contributed by atoms with Crippen LogP contribution in [0.3, 0.4) is 0 Å². The molecule has 0 bridgehead atoms. The second-order valence-corrected chi connectivity index (χ2v) is 6.25. The molecule has 1 aromatic rings. The molecule has 19 heavy (non-hydrogen) atoms. The van der Waals surface area contributed by atoms with Gasteiger partial charge in [0, 0.05) is 30.7 Å². The average Bonchev–Trinajstić information content (AvgIpc) is 2.66. The van der Waals surface area contributed by atoms with E-state index in [-0.39, 0.29) is 0 Å². The van der Waals surface area contributed by atoms with Crippen molar-refractivity contribution in [3.05, 3.63) is 29.8 Å². The molecule has 3 rings (SSSR count). The van der Waals surface area contributed by atoms with Gasteiger partial charge in [0.25, 0.3) is 0 Å². The fourth-order valence-electron chi connectivity index (χ4n) is 3.72. The van der Waals surface area contributed by atoms with Crippen molar-refractivity contribution < 1.29 is 0 Å². The molecule has 1 aliphatic carbocycles. The van der Waals surface area contributed by atoms with Crippen LogP contribution in [0.2, 0.25) is 0 Å². The molecular weight excluding hydrogens is 232 g/mol. The van der Waals surface area contributed by atoms with E-state index < -0.39 is 0 Å². The zero-order chi connectivity index (χ0) is 13.1. The first-order chi connectivity index (χ1) is 9.34. The molecule has 2 aliphatic rings. The summed E-state index contributed by atoms with van der Waals surface area (Å²) >= 11 is 0. The van der Waals surface area contributed by atoms with E-state index in [0.717, 1.165) is 12.6 Å². The molecule has 2 nitrogen and oxygen atoms in total. The first kappa shape index (κ1) is 13.0. The fourth-order valence-corrected chi connectivity index (χ4v) is 3.72. The van der Waals surface area contributed by atoms with Gasteiger partial charge < -0.3 is 10.2 Å². The van der Waals surface area contributed by atoms with Crippen molar-refractivity contribution in [3.63, 3.8) is 0 Å². The fraction of sp³-hybridized carbons (Fsp3) is 0.647. The third kappa shape index (κ3) is 2.94. The monoisotopic (exact) mass is 258 g/mol. The van der Waals surface area contributed by atoms with E-state index in [1.165, 1.54) is 56.3 Å². The lowest BCUT2D eigenvalue weighted by molar-refractivity contribution is 0.211. The number of hydrogen-bond donors (Lipinski definition) is 1. The molecule has 1 unspecified atom stereocenters. The number of anilines is 1. The third-order valence-electron chi connectivity index (χ3n) is 4.90. The van der Waals surface area contributed by atoms with Crippen molar-refractivity contribution in [2.24, 2.45) is 0 Å². The number of likely N-dealkylation sites (N-methyl/N-ethyl adjacent to an activating group) is 1. The lowest BCUT2D eigenvalue weighted by atomic mass is 9.99. The predicted octanol–water partition coefficient (Wildman–Crippen LogP) is 3.85. The topological polar surface area (TPSA) is 15.3 Å². The van der Waals surface area contributed by atoms with Gasteiger partial charge >= 0.3 is 0 Å². The number of nitrogens with zero attached hydrogens (tertiary/aromatic N) is 1. The molecule has 1 heterocycles. The summed E-state index contributed by atoms with van der Waals surface area (Å²) in [7, 11) is 2.33. The highest BCUT2D eigenvalue weighted by Crippen LogP contribution is 2.32. The third-order valence-corrected chi connectivity index (χ3v) is 4.90. The van der Waals surface area contributed by atoms with Crippen LogP contribution < -0.4 is 5.32 Å². The van der Waals surface area contributed by atoms with Crippen LogP contribution in [0.15, 0.2) is 24.3 Å². The number of benzene rings is 1. The zero-order valence-corrected chi connectivity index (χ0v) is 12.1. The minimum absolute atomic E-state index is 0.671. The zero-order valence-electron chi connectivity index (χ0n) is 12.1. The molecule has 2 heteroatoms. The quantitative estimate of drug-likeness (QED) is 0.828. The first-order valence-corrected chi connectivity index (χ1v) is 7.87. The predicted molar refractivity (Wildman–Crippen MR) is 81.8 cm³/mol. The van der Waals surface area contributed by atoms with Gasteiger partial charge in [-0.05, 0) is 31.5 Å². The summed E-state index contributed by atoms with van der Waals surface area (Å²) in [5.41, 5.74) is 2.87. The summed E-state index contributed by atoms with van der Waals surface area (Å²) in [6.07, 6.45) is 8.54. The Kier molecular flexibility index (Phi) is 4.07. The maximum atomic E-state index is 3.54. The van der Waals surface area contributed by atoms with Gasteiger partial charge in [-0.15, -0.1) is 0 Å². The lowest BCUT2D eigenvalue weighted by Crippen LogP contribution is -2.35. The second kappa shape index (κ2) is 5.96. The number of nitrogens with one attached hydrogen (secondary N) is 1. The maximum absolute atomic E-state index is 3.54. The number of hydrogen-bond acceptors (Lipinski definition) is 2. The lowest BCUT2D eigenvalue weighted by Gasteiger charge is -2.29. The molecule has 0 aromatic heterocycles. The Morgan fingerprint density at radius 3 is 2.63 bits per heavy atom. The number of para-hydroxylation sites is 1. The first-order valence-electron chi connectivity index (χ1n) is 7.87. The van der Waals surface area contributed by atoms with Crippen LogP contribution in [-0.2, 0) is 0 Å². The van der Waals surface area contributed by atoms with Gasteiger partial charge in [-0.25, -0.2) is 0 Å². The molecule has 1 saturated carbocycles. The Bertz CT molecular complexity index is 407. The smallest absolute Gasteiger partial charge is 0.0376 e. The van der Waals surface area contributed by atoms with Gasteiger partial charge in [-0.3, -0.25) is 0 Å².